The Morgan fingerprint density at radius 2 is 1.97 bits per heavy atom. The molecule has 0 spiro atoms. The summed E-state index contributed by atoms with van der Waals surface area (Å²) in [6.45, 7) is 2.96. The predicted molar refractivity (Wildman–Crippen MR) is 120 cm³/mol. The van der Waals surface area contributed by atoms with Crippen molar-refractivity contribution in [3.05, 3.63) is 52.1 Å². The van der Waals surface area contributed by atoms with E-state index in [1.807, 2.05) is 36.1 Å². The molecular formula is C22H22ClF3N4OS. The zero-order chi connectivity index (χ0) is 23.0. The van der Waals surface area contributed by atoms with E-state index in [9.17, 15) is 18.0 Å². The summed E-state index contributed by atoms with van der Waals surface area (Å²) >= 11 is 7.66. The SMILES string of the molecule is CC(c1nc2ccccc2s1)N(C)C(=O)C1CCN(c2ncc(C(F)(F)F)cc2Cl)CC1. The molecule has 0 bridgehead atoms. The fraction of sp³-hybridized carbons (Fsp3) is 0.409. The van der Waals surface area contributed by atoms with Crippen LogP contribution in [0.3, 0.4) is 0 Å². The number of thiazole rings is 1. The van der Waals surface area contributed by atoms with Gasteiger partial charge in [-0.25, -0.2) is 9.97 Å². The largest absolute Gasteiger partial charge is 0.417 e. The lowest BCUT2D eigenvalue weighted by molar-refractivity contribution is -0.138. The lowest BCUT2D eigenvalue weighted by Gasteiger charge is -2.35. The van der Waals surface area contributed by atoms with Gasteiger partial charge in [0.1, 0.15) is 10.8 Å². The van der Waals surface area contributed by atoms with Gasteiger partial charge in [-0.2, -0.15) is 13.2 Å². The zero-order valence-corrected chi connectivity index (χ0v) is 19.1. The van der Waals surface area contributed by atoms with E-state index in [4.69, 9.17) is 11.6 Å². The van der Waals surface area contributed by atoms with Crippen LogP contribution in [-0.4, -0.2) is 40.9 Å². The van der Waals surface area contributed by atoms with E-state index in [0.29, 0.717) is 31.7 Å². The number of piperidine rings is 1. The molecule has 0 aliphatic carbocycles. The van der Waals surface area contributed by atoms with Gasteiger partial charge in [0.05, 0.1) is 26.8 Å². The maximum atomic E-state index is 13.1. The van der Waals surface area contributed by atoms with Gasteiger partial charge in [-0.3, -0.25) is 4.79 Å². The third-order valence-electron chi connectivity index (χ3n) is 5.89. The number of hydrogen-bond donors (Lipinski definition) is 0. The van der Waals surface area contributed by atoms with Gasteiger partial charge >= 0.3 is 6.18 Å². The van der Waals surface area contributed by atoms with E-state index in [0.717, 1.165) is 27.5 Å². The second-order valence-electron chi connectivity index (χ2n) is 7.93. The Bertz CT molecular complexity index is 1090. The molecule has 1 aliphatic rings. The molecule has 0 radical (unpaired) electrons. The molecule has 2 aromatic heterocycles. The van der Waals surface area contributed by atoms with Crippen LogP contribution in [0.15, 0.2) is 36.5 Å². The molecule has 1 aromatic carbocycles. The van der Waals surface area contributed by atoms with Crippen LogP contribution in [0.5, 0.6) is 0 Å². The molecule has 170 valence electrons. The summed E-state index contributed by atoms with van der Waals surface area (Å²) in [7, 11) is 1.79. The van der Waals surface area contributed by atoms with Gasteiger partial charge in [-0.05, 0) is 38.0 Å². The Morgan fingerprint density at radius 3 is 2.59 bits per heavy atom. The highest BCUT2D eigenvalue weighted by Crippen LogP contribution is 2.35. The molecule has 0 saturated carbocycles. The van der Waals surface area contributed by atoms with Gasteiger partial charge in [0.2, 0.25) is 5.91 Å². The second-order valence-corrected chi connectivity index (χ2v) is 9.40. The van der Waals surface area contributed by atoms with Gasteiger partial charge in [-0.15, -0.1) is 11.3 Å². The first-order valence-corrected chi connectivity index (χ1v) is 11.4. The van der Waals surface area contributed by atoms with Crippen LogP contribution in [0.4, 0.5) is 19.0 Å². The molecule has 5 nitrogen and oxygen atoms in total. The van der Waals surface area contributed by atoms with Crippen LogP contribution in [0.2, 0.25) is 5.02 Å². The number of hydrogen-bond acceptors (Lipinski definition) is 5. The van der Waals surface area contributed by atoms with Gasteiger partial charge in [0.25, 0.3) is 0 Å². The number of anilines is 1. The highest BCUT2D eigenvalue weighted by Gasteiger charge is 2.34. The Kier molecular flexibility index (Phi) is 6.31. The second kappa shape index (κ2) is 8.86. The minimum atomic E-state index is -4.49. The van der Waals surface area contributed by atoms with Crippen LogP contribution in [0.25, 0.3) is 10.2 Å². The van der Waals surface area contributed by atoms with E-state index >= 15 is 0 Å². The molecule has 4 rings (SSSR count). The summed E-state index contributed by atoms with van der Waals surface area (Å²) in [6, 6.07) is 8.63. The number of carbonyl (C=O) groups excluding carboxylic acids is 1. The summed E-state index contributed by atoms with van der Waals surface area (Å²) in [5.41, 5.74) is 0.0520. The number of amides is 1. The normalized spacial score (nSPS) is 16.4. The van der Waals surface area contributed by atoms with Crippen molar-refractivity contribution < 1.29 is 18.0 Å². The zero-order valence-electron chi connectivity index (χ0n) is 17.6. The Hall–Kier alpha value is -2.39. The van der Waals surface area contributed by atoms with Crippen molar-refractivity contribution in [3.63, 3.8) is 0 Å². The topological polar surface area (TPSA) is 49.3 Å². The van der Waals surface area contributed by atoms with Crippen molar-refractivity contribution in [2.75, 3.05) is 25.0 Å². The molecule has 1 unspecified atom stereocenters. The van der Waals surface area contributed by atoms with E-state index < -0.39 is 11.7 Å². The molecule has 1 atom stereocenters. The first-order valence-electron chi connectivity index (χ1n) is 10.2. The number of nitrogens with zero attached hydrogens (tertiary/aromatic N) is 4. The van der Waals surface area contributed by atoms with Gasteiger partial charge in [0, 0.05) is 32.3 Å². The first-order chi connectivity index (χ1) is 15.1. The molecule has 3 aromatic rings. The third-order valence-corrected chi connectivity index (χ3v) is 7.37. The molecular weight excluding hydrogens is 461 g/mol. The number of carbonyl (C=O) groups is 1. The number of halogens is 4. The summed E-state index contributed by atoms with van der Waals surface area (Å²) < 4.78 is 39.6. The average molecular weight is 483 g/mol. The first kappa shape index (κ1) is 22.8. The quantitative estimate of drug-likeness (QED) is 0.471. The molecule has 10 heteroatoms. The Balaban J connectivity index is 1.39. The number of para-hydroxylation sites is 1. The molecule has 1 aliphatic heterocycles. The van der Waals surface area contributed by atoms with Crippen molar-refractivity contribution in [1.29, 1.82) is 0 Å². The van der Waals surface area contributed by atoms with Crippen LogP contribution >= 0.6 is 22.9 Å². The minimum absolute atomic E-state index is 0.0359. The summed E-state index contributed by atoms with van der Waals surface area (Å²) in [5.74, 6) is 0.200. The van der Waals surface area contributed by atoms with Crippen LogP contribution < -0.4 is 4.90 Å². The average Bonchev–Trinajstić information content (AvgIpc) is 3.21. The number of aromatic nitrogens is 2. The smallest absolute Gasteiger partial charge is 0.355 e. The van der Waals surface area contributed by atoms with E-state index in [-0.39, 0.29) is 22.9 Å². The van der Waals surface area contributed by atoms with E-state index in [1.54, 1.807) is 23.3 Å². The highest BCUT2D eigenvalue weighted by molar-refractivity contribution is 7.18. The number of rotatable bonds is 4. The lowest BCUT2D eigenvalue weighted by Crippen LogP contribution is -2.42. The highest BCUT2D eigenvalue weighted by atomic mass is 35.5. The molecule has 1 amide bonds. The molecule has 1 saturated heterocycles. The number of alkyl halides is 3. The summed E-state index contributed by atoms with van der Waals surface area (Å²) in [4.78, 5) is 25.3. The van der Waals surface area contributed by atoms with Crippen molar-refractivity contribution in [2.24, 2.45) is 5.92 Å². The van der Waals surface area contributed by atoms with Gasteiger partial charge < -0.3 is 9.80 Å². The van der Waals surface area contributed by atoms with Crippen LogP contribution in [0, 0.1) is 5.92 Å². The maximum absolute atomic E-state index is 13.1. The molecule has 3 heterocycles. The fourth-order valence-corrected chi connectivity index (χ4v) is 5.22. The van der Waals surface area contributed by atoms with E-state index in [2.05, 4.69) is 9.97 Å². The predicted octanol–water partition coefficient (Wildman–Crippen LogP) is 5.80. The Morgan fingerprint density at radius 1 is 1.28 bits per heavy atom. The minimum Gasteiger partial charge on any atom is -0.355 e. The number of pyridine rings is 1. The standard InChI is InChI=1S/C22H22ClF3N4OS/c1-13(20-28-17-5-3-4-6-18(17)32-20)29(2)21(31)14-7-9-30(10-8-14)19-16(23)11-15(12-27-19)22(24,25)26/h3-6,11-14H,7-10H2,1-2H3. The maximum Gasteiger partial charge on any atom is 0.417 e. The third kappa shape index (κ3) is 4.54. The van der Waals surface area contributed by atoms with Crippen LogP contribution in [-0.2, 0) is 11.0 Å². The Labute approximate surface area is 192 Å². The van der Waals surface area contributed by atoms with Gasteiger partial charge in [0.15, 0.2) is 0 Å². The lowest BCUT2D eigenvalue weighted by atomic mass is 9.95. The summed E-state index contributed by atoms with van der Waals surface area (Å²) in [5, 5.41) is 0.853. The molecule has 0 N–H and O–H groups in total. The monoisotopic (exact) mass is 482 g/mol. The van der Waals surface area contributed by atoms with Crippen molar-refractivity contribution in [3.8, 4) is 0 Å². The van der Waals surface area contributed by atoms with Crippen molar-refractivity contribution >= 4 is 44.9 Å². The fourth-order valence-electron chi connectivity index (χ4n) is 3.87. The molecule has 1 fully saturated rings. The number of benzene rings is 1. The van der Waals surface area contributed by atoms with Crippen LogP contribution in [0.1, 0.15) is 36.4 Å². The van der Waals surface area contributed by atoms with Crippen molar-refractivity contribution in [2.45, 2.75) is 32.0 Å². The molecule has 32 heavy (non-hydrogen) atoms. The van der Waals surface area contributed by atoms with E-state index in [1.165, 1.54) is 0 Å². The number of fused-ring (bicyclic) bond motifs is 1. The van der Waals surface area contributed by atoms with Crippen molar-refractivity contribution in [1.82, 2.24) is 14.9 Å². The van der Waals surface area contributed by atoms with Gasteiger partial charge in [-0.1, -0.05) is 23.7 Å². The summed E-state index contributed by atoms with van der Waals surface area (Å²) in [6.07, 6.45) is -2.53.